The Bertz CT molecular complexity index is 1300. The van der Waals surface area contributed by atoms with Crippen LogP contribution in [-0.4, -0.2) is 71.3 Å². The van der Waals surface area contributed by atoms with Gasteiger partial charge in [0.1, 0.15) is 11.4 Å². The van der Waals surface area contributed by atoms with Crippen molar-refractivity contribution in [3.63, 3.8) is 0 Å². The van der Waals surface area contributed by atoms with Gasteiger partial charge < -0.3 is 35.0 Å². The molecule has 0 unspecified atom stereocenters. The first-order chi connectivity index (χ1) is 24.2. The van der Waals surface area contributed by atoms with Crippen LogP contribution >= 0.6 is 0 Å². The van der Waals surface area contributed by atoms with E-state index in [9.17, 15) is 14.4 Å². The van der Waals surface area contributed by atoms with Crippen molar-refractivity contribution in [3.05, 3.63) is 29.3 Å². The van der Waals surface area contributed by atoms with E-state index in [1.807, 2.05) is 34.6 Å². The topological polar surface area (TPSA) is 138 Å². The van der Waals surface area contributed by atoms with E-state index in [0.29, 0.717) is 12.8 Å². The van der Waals surface area contributed by atoms with Gasteiger partial charge in [-0.25, -0.2) is 4.79 Å². The van der Waals surface area contributed by atoms with Crippen molar-refractivity contribution < 1.29 is 33.0 Å². The lowest BCUT2D eigenvalue weighted by Crippen LogP contribution is -2.54. The van der Waals surface area contributed by atoms with Gasteiger partial charge in [-0.2, -0.15) is 0 Å². The highest BCUT2D eigenvalue weighted by molar-refractivity contribution is 6.74. The number of unbranched alkanes of at least 4 members (excludes halogenated alkanes) is 1. The summed E-state index contributed by atoms with van der Waals surface area (Å²) in [7, 11) is 1.01. The van der Waals surface area contributed by atoms with Gasteiger partial charge in [-0.05, 0) is 126 Å². The van der Waals surface area contributed by atoms with Crippen molar-refractivity contribution in [2.24, 2.45) is 34.8 Å². The van der Waals surface area contributed by atoms with Gasteiger partial charge in [-0.1, -0.05) is 60.6 Å². The average molecular weight is 764 g/mol. The van der Waals surface area contributed by atoms with Gasteiger partial charge in [0.15, 0.2) is 8.32 Å². The number of methoxy groups -OCH3 is 2. The van der Waals surface area contributed by atoms with Crippen LogP contribution in [0.4, 0.5) is 4.79 Å². The Kier molecular flexibility index (Phi) is 19.1. The summed E-state index contributed by atoms with van der Waals surface area (Å²) in [6.07, 6.45) is 3.67. The molecule has 0 radical (unpaired) electrons. The highest BCUT2D eigenvalue weighted by Gasteiger charge is 2.43. The maximum absolute atomic E-state index is 13.9. The summed E-state index contributed by atoms with van der Waals surface area (Å²) in [5, 5.41) is 6.14. The predicted octanol–water partition coefficient (Wildman–Crippen LogP) is 8.44. The standard InChI is InChI=1S/C42H77N3O7Si/c1-28(2)32(24-30-20-21-35(50-14)31(23-30)19-17-18-22-49-13)25-34(45-39(48)51-40(5,6)7)36(52-53(15,16)41(8,9)10)26-33(29(3)4)37(46)44-27-42(11,12)38(43)47/h20-21,23,28-29,32-34,36H,17-19,22,24-27H2,1-16H3,(H2,43,47)(H,44,46)(H,45,48)/t32-,33-,34-,36-/m0/s1. The maximum Gasteiger partial charge on any atom is 0.407 e. The van der Waals surface area contributed by atoms with Gasteiger partial charge in [-0.15, -0.1) is 0 Å². The van der Waals surface area contributed by atoms with Crippen molar-refractivity contribution in [1.82, 2.24) is 10.6 Å². The van der Waals surface area contributed by atoms with Crippen LogP contribution < -0.4 is 21.1 Å². The Morgan fingerprint density at radius 3 is 2.00 bits per heavy atom. The van der Waals surface area contributed by atoms with Crippen LogP contribution in [0.3, 0.4) is 0 Å². The fraction of sp³-hybridized carbons (Fsp3) is 0.786. The Balaban J connectivity index is 3.72. The number of rotatable bonds is 22. The summed E-state index contributed by atoms with van der Waals surface area (Å²) in [6, 6.07) is 6.01. The highest BCUT2D eigenvalue weighted by Crippen LogP contribution is 2.40. The van der Waals surface area contributed by atoms with Crippen molar-refractivity contribution in [3.8, 4) is 5.75 Å². The number of primary amides is 1. The zero-order valence-corrected chi connectivity index (χ0v) is 37.3. The van der Waals surface area contributed by atoms with E-state index in [4.69, 9.17) is 24.4 Å². The fourth-order valence-corrected chi connectivity index (χ4v) is 7.38. The highest BCUT2D eigenvalue weighted by atomic mass is 28.4. The summed E-state index contributed by atoms with van der Waals surface area (Å²) >= 11 is 0. The summed E-state index contributed by atoms with van der Waals surface area (Å²) < 4.78 is 24.1. The molecule has 0 aromatic heterocycles. The van der Waals surface area contributed by atoms with Crippen molar-refractivity contribution >= 4 is 26.2 Å². The molecule has 0 bridgehead atoms. The number of aryl methyl sites for hydroxylation is 1. The van der Waals surface area contributed by atoms with Crippen LogP contribution in [0, 0.1) is 29.1 Å². The lowest BCUT2D eigenvalue weighted by Gasteiger charge is -2.43. The smallest absolute Gasteiger partial charge is 0.407 e. The molecule has 1 aromatic carbocycles. The Morgan fingerprint density at radius 2 is 1.51 bits per heavy atom. The van der Waals surface area contributed by atoms with E-state index >= 15 is 0 Å². The number of carbonyl (C=O) groups excluding carboxylic acids is 3. The minimum Gasteiger partial charge on any atom is -0.496 e. The summed E-state index contributed by atoms with van der Waals surface area (Å²) in [4.78, 5) is 39.6. The molecule has 0 aliphatic rings. The summed E-state index contributed by atoms with van der Waals surface area (Å²) in [5.41, 5.74) is 6.42. The molecule has 4 N–H and O–H groups in total. The molecule has 11 heteroatoms. The lowest BCUT2D eigenvalue weighted by atomic mass is 9.80. The molecule has 0 aliphatic heterocycles. The number of hydrogen-bond acceptors (Lipinski definition) is 7. The molecule has 10 nitrogen and oxygen atoms in total. The third-order valence-corrected chi connectivity index (χ3v) is 15.3. The zero-order valence-electron chi connectivity index (χ0n) is 36.3. The first kappa shape index (κ1) is 48.4. The average Bonchev–Trinajstić information content (AvgIpc) is 3.01. The molecule has 0 heterocycles. The van der Waals surface area contributed by atoms with E-state index in [2.05, 4.69) is 76.5 Å². The van der Waals surface area contributed by atoms with E-state index in [1.54, 1.807) is 28.1 Å². The van der Waals surface area contributed by atoms with Crippen molar-refractivity contribution in [2.45, 2.75) is 157 Å². The maximum atomic E-state index is 13.9. The van der Waals surface area contributed by atoms with Crippen LogP contribution in [0.2, 0.25) is 18.1 Å². The first-order valence-corrected chi connectivity index (χ1v) is 22.5. The van der Waals surface area contributed by atoms with Gasteiger partial charge in [0, 0.05) is 26.2 Å². The minimum atomic E-state index is -2.43. The van der Waals surface area contributed by atoms with E-state index in [1.165, 1.54) is 11.1 Å². The van der Waals surface area contributed by atoms with Crippen LogP contribution in [-0.2, 0) is 36.3 Å². The van der Waals surface area contributed by atoms with Gasteiger partial charge >= 0.3 is 6.09 Å². The van der Waals surface area contributed by atoms with E-state index < -0.39 is 49.4 Å². The number of ether oxygens (including phenoxy) is 3. The monoisotopic (exact) mass is 764 g/mol. The number of benzene rings is 1. The second-order valence-corrected chi connectivity index (χ2v) is 23.5. The molecule has 0 saturated carbocycles. The molecule has 4 atom stereocenters. The van der Waals surface area contributed by atoms with Crippen LogP contribution in [0.15, 0.2) is 18.2 Å². The van der Waals surface area contributed by atoms with Crippen LogP contribution in [0.1, 0.15) is 120 Å². The molecule has 0 saturated heterocycles. The minimum absolute atomic E-state index is 0.0399. The SMILES string of the molecule is COCCCCc1cc(C[C@@H](C[C@H](NC(=O)OC(C)(C)C)[C@H](C[C@H](C(=O)NCC(C)(C)C(N)=O)C(C)C)O[Si](C)(C)C(C)(C)C)C(C)C)ccc1OC. The molecular weight excluding hydrogens is 687 g/mol. The Labute approximate surface area is 323 Å². The second kappa shape index (κ2) is 20.9. The summed E-state index contributed by atoms with van der Waals surface area (Å²) in [6.45, 7) is 29.3. The lowest BCUT2D eigenvalue weighted by molar-refractivity contribution is -0.130. The number of alkyl carbamates (subject to hydrolysis) is 1. The van der Waals surface area contributed by atoms with Crippen molar-refractivity contribution in [2.75, 3.05) is 27.4 Å². The number of amides is 3. The summed E-state index contributed by atoms with van der Waals surface area (Å²) in [5.74, 6) is 0.201. The number of nitrogens with one attached hydrogen (secondary N) is 2. The molecule has 3 amide bonds. The van der Waals surface area contributed by atoms with Gasteiger partial charge in [0.25, 0.3) is 0 Å². The molecular formula is C42H77N3O7Si. The van der Waals surface area contributed by atoms with Crippen LogP contribution in [0.25, 0.3) is 0 Å². The number of nitrogens with two attached hydrogens (primary N) is 1. The molecule has 0 fully saturated rings. The molecule has 1 aromatic rings. The van der Waals surface area contributed by atoms with Gasteiger partial charge in [0.05, 0.1) is 24.7 Å². The van der Waals surface area contributed by atoms with Crippen LogP contribution in [0.5, 0.6) is 5.75 Å². The molecule has 53 heavy (non-hydrogen) atoms. The fourth-order valence-electron chi connectivity index (χ4n) is 6.01. The normalized spacial score (nSPS) is 15.1. The molecule has 0 aliphatic carbocycles. The van der Waals surface area contributed by atoms with Gasteiger partial charge in [-0.3, -0.25) is 9.59 Å². The largest absolute Gasteiger partial charge is 0.496 e. The third-order valence-electron chi connectivity index (χ3n) is 10.8. The second-order valence-electron chi connectivity index (χ2n) is 18.8. The number of hydrogen-bond donors (Lipinski definition) is 3. The Morgan fingerprint density at radius 1 is 0.887 bits per heavy atom. The first-order valence-electron chi connectivity index (χ1n) is 19.6. The molecule has 1 rings (SSSR count). The zero-order chi connectivity index (χ0) is 40.9. The molecule has 306 valence electrons. The van der Waals surface area contributed by atoms with Crippen molar-refractivity contribution in [1.29, 1.82) is 0 Å². The van der Waals surface area contributed by atoms with E-state index in [-0.39, 0.29) is 35.2 Å². The quantitative estimate of drug-likeness (QED) is 0.0796. The third kappa shape index (κ3) is 16.7. The number of carbonyl (C=O) groups is 3. The van der Waals surface area contributed by atoms with Gasteiger partial charge in [0.2, 0.25) is 11.8 Å². The molecule has 0 spiro atoms. The van der Waals surface area contributed by atoms with E-state index in [0.717, 1.165) is 38.0 Å². The Hall–Kier alpha value is -2.63. The predicted molar refractivity (Wildman–Crippen MR) is 219 cm³/mol.